The second-order valence-electron chi connectivity index (χ2n) is 9.31. The number of likely N-dealkylation sites (N-methyl/N-ethyl adjacent to an activating group) is 1. The zero-order chi connectivity index (χ0) is 22.2. The van der Waals surface area contributed by atoms with Gasteiger partial charge < -0.3 is 14.8 Å². The number of rotatable bonds is 7. The molecule has 0 radical (unpaired) electrons. The van der Waals surface area contributed by atoms with E-state index in [1.54, 1.807) is 14.2 Å². The van der Waals surface area contributed by atoms with E-state index in [2.05, 4.69) is 38.1 Å². The lowest BCUT2D eigenvalue weighted by Crippen LogP contribution is -2.67. The van der Waals surface area contributed by atoms with Crippen LogP contribution in [0.5, 0.6) is 0 Å². The van der Waals surface area contributed by atoms with Gasteiger partial charge in [-0.15, -0.1) is 0 Å². The van der Waals surface area contributed by atoms with Crippen molar-refractivity contribution in [2.45, 2.75) is 55.6 Å². The van der Waals surface area contributed by atoms with Crippen molar-refractivity contribution in [1.29, 1.82) is 0 Å². The van der Waals surface area contributed by atoms with Gasteiger partial charge >= 0.3 is 0 Å². The Balaban J connectivity index is 1.40. The highest BCUT2D eigenvalue weighted by atomic mass is 32.2. The van der Waals surface area contributed by atoms with Gasteiger partial charge in [0.15, 0.2) is 0 Å². The van der Waals surface area contributed by atoms with E-state index in [9.17, 15) is 8.42 Å². The zero-order valence-corrected chi connectivity index (χ0v) is 19.8. The number of methoxy groups -OCH3 is 2. The van der Waals surface area contributed by atoms with Crippen molar-refractivity contribution < 1.29 is 17.9 Å². The van der Waals surface area contributed by atoms with Crippen molar-refractivity contribution in [1.82, 2.24) is 36.2 Å². The van der Waals surface area contributed by atoms with Crippen molar-refractivity contribution in [2.24, 2.45) is 11.8 Å². The van der Waals surface area contributed by atoms with Gasteiger partial charge in [0, 0.05) is 59.4 Å². The maximum Gasteiger partial charge on any atom is 0.217 e. The first-order chi connectivity index (χ1) is 14.8. The van der Waals surface area contributed by atoms with Crippen LogP contribution in [-0.4, -0.2) is 108 Å². The fourth-order valence-electron chi connectivity index (χ4n) is 5.54. The van der Waals surface area contributed by atoms with Gasteiger partial charge in [-0.1, -0.05) is 0 Å². The lowest BCUT2D eigenvalue weighted by atomic mass is 9.90. The molecule has 4 rings (SSSR count). The lowest BCUT2D eigenvalue weighted by Gasteiger charge is -2.42. The highest BCUT2D eigenvalue weighted by Crippen LogP contribution is 2.27. The Morgan fingerprint density at radius 3 is 2.68 bits per heavy atom. The quantitative estimate of drug-likeness (QED) is 0.287. The summed E-state index contributed by atoms with van der Waals surface area (Å²) in [6.07, 6.45) is 1.94. The van der Waals surface area contributed by atoms with Crippen LogP contribution in [0.4, 0.5) is 0 Å². The topological polar surface area (TPSA) is 119 Å². The second-order valence-corrected chi connectivity index (χ2v) is 11.3. The molecule has 180 valence electrons. The average molecular weight is 462 g/mol. The van der Waals surface area contributed by atoms with Crippen LogP contribution in [-0.2, 0) is 19.5 Å². The monoisotopic (exact) mass is 461 g/mol. The summed E-state index contributed by atoms with van der Waals surface area (Å²) >= 11 is 0. The van der Waals surface area contributed by atoms with Crippen LogP contribution in [0.1, 0.15) is 19.8 Å². The van der Waals surface area contributed by atoms with Crippen molar-refractivity contribution in [3.8, 4) is 0 Å². The summed E-state index contributed by atoms with van der Waals surface area (Å²) in [7, 11) is 1.78. The van der Waals surface area contributed by atoms with Gasteiger partial charge in [-0.3, -0.25) is 16.2 Å². The van der Waals surface area contributed by atoms with Crippen LogP contribution >= 0.6 is 0 Å². The molecule has 11 nitrogen and oxygen atoms in total. The maximum absolute atomic E-state index is 13.4. The van der Waals surface area contributed by atoms with Crippen LogP contribution in [0.2, 0.25) is 0 Å². The number of hydrazine groups is 2. The van der Waals surface area contributed by atoms with Crippen molar-refractivity contribution in [2.75, 3.05) is 54.0 Å². The second kappa shape index (κ2) is 9.84. The molecule has 0 saturated carbocycles. The molecule has 31 heavy (non-hydrogen) atoms. The molecule has 8 atom stereocenters. The fourth-order valence-corrected chi connectivity index (χ4v) is 7.03. The van der Waals surface area contributed by atoms with Crippen LogP contribution in [0, 0.1) is 11.8 Å². The molecule has 12 heteroatoms. The van der Waals surface area contributed by atoms with Crippen LogP contribution in [0.15, 0.2) is 0 Å². The number of nitrogens with one attached hydrogen (secondary N) is 5. The van der Waals surface area contributed by atoms with Gasteiger partial charge in [0.2, 0.25) is 10.0 Å². The first-order valence-corrected chi connectivity index (χ1v) is 12.9. The summed E-state index contributed by atoms with van der Waals surface area (Å²) in [5, 5.41) is 10.4. The smallest absolute Gasteiger partial charge is 0.217 e. The molecule has 0 spiro atoms. The van der Waals surface area contributed by atoms with E-state index in [0.29, 0.717) is 24.9 Å². The summed E-state index contributed by atoms with van der Waals surface area (Å²) in [4.78, 5) is 0. The predicted octanol–water partition coefficient (Wildman–Crippen LogP) is -2.17. The van der Waals surface area contributed by atoms with Crippen molar-refractivity contribution in [3.63, 3.8) is 0 Å². The van der Waals surface area contributed by atoms with E-state index in [1.165, 1.54) is 0 Å². The van der Waals surface area contributed by atoms with Gasteiger partial charge in [-0.2, -0.15) is 0 Å². The summed E-state index contributed by atoms with van der Waals surface area (Å²) in [6, 6.07) is -0.315. The summed E-state index contributed by atoms with van der Waals surface area (Å²) < 4.78 is 40.8. The number of fused-ring (bicyclic) bond motifs is 1. The van der Waals surface area contributed by atoms with Crippen LogP contribution in [0.3, 0.4) is 0 Å². The Bertz CT molecular complexity index is 713. The molecule has 5 N–H and O–H groups in total. The maximum atomic E-state index is 13.4. The van der Waals surface area contributed by atoms with Crippen molar-refractivity contribution >= 4 is 10.0 Å². The summed E-state index contributed by atoms with van der Waals surface area (Å²) in [6.45, 7) is 5.48. The third-order valence-electron chi connectivity index (χ3n) is 7.56. The molecule has 4 fully saturated rings. The van der Waals surface area contributed by atoms with Gasteiger partial charge in [0.05, 0.1) is 18.3 Å². The third-order valence-corrected chi connectivity index (χ3v) is 9.35. The summed E-state index contributed by atoms with van der Waals surface area (Å²) in [5.41, 5.74) is 6.64. The molecule has 0 aromatic heterocycles. The first-order valence-electron chi connectivity index (χ1n) is 11.3. The molecule has 0 aromatic carbocycles. The van der Waals surface area contributed by atoms with Crippen LogP contribution in [0.25, 0.3) is 0 Å². The van der Waals surface area contributed by atoms with Crippen LogP contribution < -0.4 is 26.2 Å². The number of nitrogens with zero attached hydrogens (tertiary/aromatic N) is 2. The highest BCUT2D eigenvalue weighted by molar-refractivity contribution is 7.90. The SMILES string of the molecule is COC(C)C1CCNC(N2CC(S(=O)(=O)NC3C(OC)NCC4CNN(C)C43)CN2)C1. The van der Waals surface area contributed by atoms with Gasteiger partial charge in [-0.25, -0.2) is 23.2 Å². The molecule has 0 bridgehead atoms. The van der Waals surface area contributed by atoms with E-state index in [1.807, 2.05) is 12.1 Å². The van der Waals surface area contributed by atoms with E-state index in [4.69, 9.17) is 9.47 Å². The zero-order valence-electron chi connectivity index (χ0n) is 19.0. The van der Waals surface area contributed by atoms with Gasteiger partial charge in [0.25, 0.3) is 0 Å². The Hall–Kier alpha value is -0.410. The van der Waals surface area contributed by atoms with E-state index >= 15 is 0 Å². The minimum atomic E-state index is -3.55. The Morgan fingerprint density at radius 1 is 1.13 bits per heavy atom. The number of piperidine rings is 2. The number of hydrogen-bond donors (Lipinski definition) is 5. The molecule has 0 amide bonds. The largest absolute Gasteiger partial charge is 0.381 e. The molecular formula is C19H39N7O4S. The average Bonchev–Trinajstić information content (AvgIpc) is 3.41. The van der Waals surface area contributed by atoms with E-state index < -0.39 is 15.3 Å². The lowest BCUT2D eigenvalue weighted by molar-refractivity contribution is -0.0106. The molecule has 8 unspecified atom stereocenters. The first kappa shape index (κ1) is 23.7. The van der Waals surface area contributed by atoms with Crippen molar-refractivity contribution in [3.05, 3.63) is 0 Å². The Kier molecular flexibility index (Phi) is 7.53. The molecule has 4 saturated heterocycles. The minimum Gasteiger partial charge on any atom is -0.381 e. The molecule has 4 heterocycles. The number of sulfonamides is 1. The molecule has 4 aliphatic rings. The fraction of sp³-hybridized carbons (Fsp3) is 1.00. The standard InChI is InChI=1S/C19H39N7O4S/c1-12(29-3)13-5-6-20-16(7-13)26-11-15(10-23-26)31(27,28)24-17-18-14(9-22-25(18)2)8-21-19(17)30-4/h12-24H,5-11H2,1-4H3. The van der Waals surface area contributed by atoms with E-state index in [-0.39, 0.29) is 30.6 Å². The third kappa shape index (κ3) is 4.93. The predicted molar refractivity (Wildman–Crippen MR) is 117 cm³/mol. The minimum absolute atomic E-state index is 0.0442. The van der Waals surface area contributed by atoms with E-state index in [0.717, 1.165) is 32.5 Å². The normalized spacial score (nSPS) is 41.4. The molecule has 0 aliphatic carbocycles. The Morgan fingerprint density at radius 2 is 1.94 bits per heavy atom. The Labute approximate surface area is 185 Å². The number of ether oxygens (including phenoxy) is 2. The summed E-state index contributed by atoms with van der Waals surface area (Å²) in [5.74, 6) is 0.790. The molecule has 0 aromatic rings. The molecule has 4 aliphatic heterocycles. The van der Waals surface area contributed by atoms with Gasteiger partial charge in [-0.05, 0) is 32.2 Å². The van der Waals surface area contributed by atoms with Gasteiger partial charge in [0.1, 0.15) is 11.5 Å². The molecular weight excluding hydrogens is 422 g/mol. The highest BCUT2D eigenvalue weighted by Gasteiger charge is 2.48. The number of hydrogen-bond acceptors (Lipinski definition) is 10.